The molecule has 0 saturated heterocycles. The van der Waals surface area contributed by atoms with Gasteiger partial charge in [-0.3, -0.25) is 4.79 Å². The molecule has 0 heterocycles. The van der Waals surface area contributed by atoms with Crippen LogP contribution in [0.3, 0.4) is 0 Å². The first-order chi connectivity index (χ1) is 12.8. The largest absolute Gasteiger partial charge is 0.326 e. The zero-order valence-corrected chi connectivity index (χ0v) is 16.6. The minimum Gasteiger partial charge on any atom is -0.326 e. The number of benzene rings is 2. The minimum absolute atomic E-state index is 0.0621. The van der Waals surface area contributed by atoms with E-state index < -0.39 is 10.0 Å². The first-order valence-electron chi connectivity index (χ1n) is 8.93. The van der Waals surface area contributed by atoms with Gasteiger partial charge in [-0.1, -0.05) is 32.9 Å². The normalized spacial score (nSPS) is 12.8. The van der Waals surface area contributed by atoms with Crippen molar-refractivity contribution >= 4 is 21.6 Å². The van der Waals surface area contributed by atoms with E-state index in [0.29, 0.717) is 18.8 Å². The first kappa shape index (κ1) is 21.1. The Morgan fingerprint density at radius 3 is 2.11 bits per heavy atom. The molecule has 0 saturated carbocycles. The van der Waals surface area contributed by atoms with Crippen molar-refractivity contribution in [3.05, 3.63) is 59.9 Å². The summed E-state index contributed by atoms with van der Waals surface area (Å²) in [5.74, 6) is -0.561. The van der Waals surface area contributed by atoms with E-state index in [0.717, 1.165) is 5.56 Å². The van der Waals surface area contributed by atoms with Crippen LogP contribution in [-0.2, 0) is 14.8 Å². The van der Waals surface area contributed by atoms with Gasteiger partial charge >= 0.3 is 0 Å². The number of sulfonamides is 1. The van der Waals surface area contributed by atoms with Gasteiger partial charge in [-0.05, 0) is 47.9 Å². The van der Waals surface area contributed by atoms with Crippen LogP contribution in [-0.4, -0.2) is 31.7 Å². The van der Waals surface area contributed by atoms with E-state index in [4.69, 9.17) is 0 Å². The van der Waals surface area contributed by atoms with Gasteiger partial charge in [0.25, 0.3) is 0 Å². The highest BCUT2D eigenvalue weighted by atomic mass is 32.2. The fourth-order valence-electron chi connectivity index (χ4n) is 2.82. The highest BCUT2D eigenvalue weighted by Gasteiger charge is 2.21. The van der Waals surface area contributed by atoms with Crippen molar-refractivity contribution in [2.75, 3.05) is 18.4 Å². The van der Waals surface area contributed by atoms with E-state index in [-0.39, 0.29) is 29.0 Å². The van der Waals surface area contributed by atoms with Crippen LogP contribution in [0.4, 0.5) is 10.1 Å². The second kappa shape index (κ2) is 9.10. The summed E-state index contributed by atoms with van der Waals surface area (Å²) in [7, 11) is -3.51. The Hall–Kier alpha value is -2.25. The number of rotatable bonds is 8. The Labute approximate surface area is 160 Å². The Balaban J connectivity index is 2.01. The van der Waals surface area contributed by atoms with Crippen molar-refractivity contribution in [3.63, 3.8) is 0 Å². The number of hydrogen-bond donors (Lipinski definition) is 1. The average Bonchev–Trinajstić information content (AvgIpc) is 2.63. The highest BCUT2D eigenvalue weighted by Crippen LogP contribution is 2.21. The van der Waals surface area contributed by atoms with Gasteiger partial charge in [0.1, 0.15) is 5.82 Å². The summed E-state index contributed by atoms with van der Waals surface area (Å²) in [6, 6.07) is 12.2. The summed E-state index contributed by atoms with van der Waals surface area (Å²) < 4.78 is 39.3. The number of carbonyl (C=O) groups excluding carboxylic acids is 1. The fraction of sp³-hybridized carbons (Fsp3) is 0.350. The summed E-state index contributed by atoms with van der Waals surface area (Å²) >= 11 is 0. The van der Waals surface area contributed by atoms with Gasteiger partial charge < -0.3 is 5.32 Å². The molecule has 0 fully saturated rings. The number of anilines is 1. The molecular formula is C20H25FN2O3S. The molecule has 2 aromatic rings. The van der Waals surface area contributed by atoms with Crippen molar-refractivity contribution in [1.29, 1.82) is 0 Å². The van der Waals surface area contributed by atoms with Crippen LogP contribution in [0.1, 0.15) is 38.7 Å². The molecule has 2 aromatic carbocycles. The lowest BCUT2D eigenvalue weighted by Crippen LogP contribution is -2.30. The van der Waals surface area contributed by atoms with E-state index in [2.05, 4.69) is 5.32 Å². The smallest absolute Gasteiger partial charge is 0.243 e. The van der Waals surface area contributed by atoms with Crippen LogP contribution in [0.25, 0.3) is 0 Å². The van der Waals surface area contributed by atoms with Gasteiger partial charge in [0.2, 0.25) is 15.9 Å². The molecule has 0 bridgehead atoms. The van der Waals surface area contributed by atoms with E-state index in [9.17, 15) is 17.6 Å². The monoisotopic (exact) mass is 392 g/mol. The summed E-state index contributed by atoms with van der Waals surface area (Å²) in [5, 5.41) is 2.77. The Bertz CT molecular complexity index is 861. The number of nitrogens with one attached hydrogen (secondary N) is 1. The zero-order valence-electron chi connectivity index (χ0n) is 15.8. The standard InChI is InChI=1S/C20H25FN2O3S/c1-4-23(5-2)27(25,26)19-12-10-18(11-13-19)22-20(24)14-15(3)16-6-8-17(21)9-7-16/h6-13,15H,4-5,14H2,1-3H3,(H,22,24). The molecule has 0 radical (unpaired) electrons. The van der Waals surface area contributed by atoms with Crippen molar-refractivity contribution in [2.45, 2.75) is 38.0 Å². The quantitative estimate of drug-likeness (QED) is 0.739. The van der Waals surface area contributed by atoms with Crippen LogP contribution in [0.2, 0.25) is 0 Å². The number of amides is 1. The van der Waals surface area contributed by atoms with Gasteiger partial charge in [0.05, 0.1) is 4.90 Å². The molecule has 1 amide bonds. The fourth-order valence-corrected chi connectivity index (χ4v) is 4.28. The van der Waals surface area contributed by atoms with E-state index >= 15 is 0 Å². The molecule has 1 unspecified atom stereocenters. The predicted octanol–water partition coefficient (Wildman–Crippen LogP) is 3.99. The molecule has 0 aliphatic heterocycles. The van der Waals surface area contributed by atoms with E-state index in [1.807, 2.05) is 6.92 Å². The topological polar surface area (TPSA) is 66.5 Å². The van der Waals surface area contributed by atoms with Crippen LogP contribution in [0.15, 0.2) is 53.4 Å². The molecule has 2 rings (SSSR count). The molecule has 146 valence electrons. The lowest BCUT2D eigenvalue weighted by molar-refractivity contribution is -0.116. The number of nitrogens with zero attached hydrogens (tertiary/aromatic N) is 1. The lowest BCUT2D eigenvalue weighted by Gasteiger charge is -2.18. The van der Waals surface area contributed by atoms with Gasteiger partial charge in [0, 0.05) is 25.2 Å². The molecule has 0 aliphatic rings. The van der Waals surface area contributed by atoms with Gasteiger partial charge in [-0.2, -0.15) is 4.31 Å². The predicted molar refractivity (Wildman–Crippen MR) is 105 cm³/mol. The molecule has 0 aliphatic carbocycles. The molecule has 0 spiro atoms. The first-order valence-corrected chi connectivity index (χ1v) is 10.4. The highest BCUT2D eigenvalue weighted by molar-refractivity contribution is 7.89. The van der Waals surface area contributed by atoms with Crippen LogP contribution >= 0.6 is 0 Å². The van der Waals surface area contributed by atoms with Gasteiger partial charge in [-0.15, -0.1) is 0 Å². The maximum Gasteiger partial charge on any atom is 0.243 e. The van der Waals surface area contributed by atoms with Crippen molar-refractivity contribution < 1.29 is 17.6 Å². The average molecular weight is 392 g/mol. The Kier molecular flexibility index (Phi) is 7.10. The molecule has 7 heteroatoms. The molecular weight excluding hydrogens is 367 g/mol. The Morgan fingerprint density at radius 1 is 1.04 bits per heavy atom. The van der Waals surface area contributed by atoms with Crippen molar-refractivity contribution in [2.24, 2.45) is 0 Å². The third kappa shape index (κ3) is 5.37. The summed E-state index contributed by atoms with van der Waals surface area (Å²) in [4.78, 5) is 12.4. The maximum absolute atomic E-state index is 13.0. The van der Waals surface area contributed by atoms with Crippen LogP contribution in [0, 0.1) is 5.82 Å². The van der Waals surface area contributed by atoms with E-state index in [1.54, 1.807) is 38.1 Å². The third-order valence-corrected chi connectivity index (χ3v) is 6.48. The molecule has 1 atom stereocenters. The second-order valence-corrected chi connectivity index (χ2v) is 8.26. The molecule has 1 N–H and O–H groups in total. The summed E-state index contributed by atoms with van der Waals surface area (Å²) in [6.07, 6.45) is 0.241. The number of halogens is 1. The van der Waals surface area contributed by atoms with Gasteiger partial charge in [-0.25, -0.2) is 12.8 Å². The number of carbonyl (C=O) groups is 1. The second-order valence-electron chi connectivity index (χ2n) is 6.32. The van der Waals surface area contributed by atoms with Gasteiger partial charge in [0.15, 0.2) is 0 Å². The number of hydrogen-bond acceptors (Lipinski definition) is 3. The van der Waals surface area contributed by atoms with Crippen molar-refractivity contribution in [1.82, 2.24) is 4.31 Å². The Morgan fingerprint density at radius 2 is 1.59 bits per heavy atom. The van der Waals surface area contributed by atoms with Crippen LogP contribution in [0.5, 0.6) is 0 Å². The zero-order chi connectivity index (χ0) is 20.0. The minimum atomic E-state index is -3.51. The third-order valence-electron chi connectivity index (χ3n) is 4.41. The maximum atomic E-state index is 13.0. The molecule has 5 nitrogen and oxygen atoms in total. The lowest BCUT2D eigenvalue weighted by atomic mass is 9.97. The van der Waals surface area contributed by atoms with E-state index in [1.165, 1.54) is 28.6 Å². The molecule has 27 heavy (non-hydrogen) atoms. The summed E-state index contributed by atoms with van der Waals surface area (Å²) in [6.45, 7) is 6.28. The summed E-state index contributed by atoms with van der Waals surface area (Å²) in [5.41, 5.74) is 1.41. The van der Waals surface area contributed by atoms with Crippen LogP contribution < -0.4 is 5.32 Å². The molecule has 0 aromatic heterocycles. The van der Waals surface area contributed by atoms with Crippen molar-refractivity contribution in [3.8, 4) is 0 Å². The SMILES string of the molecule is CCN(CC)S(=O)(=O)c1ccc(NC(=O)CC(C)c2ccc(F)cc2)cc1.